The summed E-state index contributed by atoms with van der Waals surface area (Å²) in [6, 6.07) is 0. The molecular weight excluding hydrogens is 570 g/mol. The minimum atomic E-state index is -8.03. The van der Waals surface area contributed by atoms with Crippen LogP contribution in [0.15, 0.2) is 0 Å². The first-order chi connectivity index (χ1) is 17.0. The van der Waals surface area contributed by atoms with Gasteiger partial charge in [0.15, 0.2) is 0 Å². The van der Waals surface area contributed by atoms with Crippen LogP contribution in [0, 0.1) is 0 Å². The first kappa shape index (κ1) is 32.1. The van der Waals surface area contributed by atoms with Gasteiger partial charge in [-0.05, 0) is 38.5 Å². The van der Waals surface area contributed by atoms with Crippen molar-refractivity contribution in [3.8, 4) is 0 Å². The highest BCUT2D eigenvalue weighted by atomic mass is 19.4. The number of hydrogen-bond acceptors (Lipinski definition) is 3. The number of carbonyl (C=O) groups excluding carboxylic acids is 2. The summed E-state index contributed by atoms with van der Waals surface area (Å²) in [4.78, 5) is 23.5. The van der Waals surface area contributed by atoms with Crippen LogP contribution < -0.4 is 0 Å². The molecule has 0 saturated carbocycles. The van der Waals surface area contributed by atoms with E-state index in [1.54, 1.807) is 0 Å². The topological polar surface area (TPSA) is 49.9 Å². The maximum atomic E-state index is 14.6. The highest BCUT2D eigenvalue weighted by Gasteiger charge is 2.90. The summed E-state index contributed by atoms with van der Waals surface area (Å²) in [5.41, 5.74) is 0. The molecule has 0 spiro atoms. The van der Waals surface area contributed by atoms with Crippen LogP contribution >= 0.6 is 0 Å². The van der Waals surface area contributed by atoms with Crippen molar-refractivity contribution in [3.63, 3.8) is 0 Å². The summed E-state index contributed by atoms with van der Waals surface area (Å²) >= 11 is 0. The predicted molar refractivity (Wildman–Crippen MR) is 96.6 cm³/mol. The largest absolute Gasteiger partial charge is 0.458 e. The summed E-state index contributed by atoms with van der Waals surface area (Å²) in [6.07, 6.45) is -14.5. The maximum Gasteiger partial charge on any atom is 0.458 e. The number of nitrogens with zero attached hydrogens (tertiary/aromatic N) is 2. The molecule has 0 N–H and O–H groups in total. The summed E-state index contributed by atoms with van der Waals surface area (Å²) in [6.45, 7) is -2.88. The van der Waals surface area contributed by atoms with Crippen molar-refractivity contribution in [3.05, 3.63) is 0 Å². The van der Waals surface area contributed by atoms with Crippen LogP contribution in [0.2, 0.25) is 0 Å². The Morgan fingerprint density at radius 2 is 0.868 bits per heavy atom. The van der Waals surface area contributed by atoms with E-state index in [4.69, 9.17) is 0 Å². The summed E-state index contributed by atoms with van der Waals surface area (Å²) in [5, 5.41) is 0. The van der Waals surface area contributed by atoms with Crippen LogP contribution in [0.1, 0.15) is 38.5 Å². The van der Waals surface area contributed by atoms with Crippen LogP contribution in [-0.2, 0) is 14.3 Å². The van der Waals surface area contributed by atoms with Gasteiger partial charge in [0, 0.05) is 26.2 Å². The van der Waals surface area contributed by atoms with Crippen molar-refractivity contribution >= 4 is 11.8 Å². The summed E-state index contributed by atoms with van der Waals surface area (Å²) in [7, 11) is 0. The molecule has 0 bridgehead atoms. The minimum absolute atomic E-state index is 0.0904. The molecule has 5 nitrogen and oxygen atoms in total. The smallest absolute Gasteiger partial charge is 0.337 e. The third kappa shape index (κ3) is 5.10. The van der Waals surface area contributed by atoms with Gasteiger partial charge in [0.2, 0.25) is 0 Å². The van der Waals surface area contributed by atoms with E-state index >= 15 is 0 Å². The Labute approximate surface area is 205 Å². The van der Waals surface area contributed by atoms with Crippen LogP contribution in [0.3, 0.4) is 0 Å². The Balaban J connectivity index is 2.47. The normalized spacial score (nSPS) is 20.8. The summed E-state index contributed by atoms with van der Waals surface area (Å²) in [5.74, 6) is -43.2. The first-order valence-electron chi connectivity index (χ1n) is 10.9. The zero-order chi connectivity index (χ0) is 29.6. The number of alkyl halides is 14. The number of rotatable bonds is 8. The van der Waals surface area contributed by atoms with E-state index < -0.39 is 79.8 Å². The van der Waals surface area contributed by atoms with Gasteiger partial charge in [0.05, 0.1) is 0 Å². The lowest BCUT2D eigenvalue weighted by atomic mass is 9.96. The highest BCUT2D eigenvalue weighted by Crippen LogP contribution is 2.59. The fraction of sp³-hybridized carbons (Fsp3) is 0.895. The van der Waals surface area contributed by atoms with Gasteiger partial charge in [0.1, 0.15) is 0 Å². The van der Waals surface area contributed by atoms with Gasteiger partial charge in [-0.1, -0.05) is 0 Å². The van der Waals surface area contributed by atoms with Gasteiger partial charge in [-0.15, -0.1) is 0 Å². The Kier molecular flexibility index (Phi) is 8.58. The van der Waals surface area contributed by atoms with Gasteiger partial charge < -0.3 is 9.80 Å². The monoisotopic (exact) mass is 590 g/mol. The molecule has 0 aromatic heterocycles. The van der Waals surface area contributed by atoms with E-state index in [0.29, 0.717) is 0 Å². The van der Waals surface area contributed by atoms with Gasteiger partial charge in [-0.3, -0.25) is 14.3 Å². The van der Waals surface area contributed by atoms with E-state index in [1.807, 2.05) is 0 Å². The van der Waals surface area contributed by atoms with Gasteiger partial charge >= 0.3 is 41.8 Å². The molecule has 0 aromatic carbocycles. The standard InChI is InChI=1S/C19H20F14N2O3/c20-13(21,11(36)34-7-3-1-4-8-34)15(23,24)16(25,26)17(27,28)19(32,33)38-14(22,18(29,30)31)12(37)35-9-5-2-6-10-35/h1-10H2/t14-/m1/s1. The minimum Gasteiger partial charge on any atom is -0.337 e. The zero-order valence-corrected chi connectivity index (χ0v) is 19.0. The third-order valence-corrected chi connectivity index (χ3v) is 6.01. The molecule has 2 saturated heterocycles. The molecule has 2 heterocycles. The third-order valence-electron chi connectivity index (χ3n) is 6.01. The van der Waals surface area contributed by atoms with Crippen LogP contribution in [0.4, 0.5) is 61.5 Å². The van der Waals surface area contributed by atoms with Crippen LogP contribution in [0.5, 0.6) is 0 Å². The van der Waals surface area contributed by atoms with Crippen molar-refractivity contribution in [2.24, 2.45) is 0 Å². The van der Waals surface area contributed by atoms with Gasteiger partial charge in [0.25, 0.3) is 11.8 Å². The quantitative estimate of drug-likeness (QED) is 0.357. The fourth-order valence-electron chi connectivity index (χ4n) is 3.77. The predicted octanol–water partition coefficient (Wildman–Crippen LogP) is 5.39. The second kappa shape index (κ2) is 10.1. The SMILES string of the molecule is O=C(N1CCCCC1)C(F)(F)C(F)(F)C(F)(F)C(F)(F)C(F)(F)O[C@](F)(C(=O)N1CCCCC1)C(F)(F)F. The molecule has 2 aliphatic rings. The molecule has 0 radical (unpaired) electrons. The number of piperidine rings is 2. The van der Waals surface area contributed by atoms with E-state index in [2.05, 4.69) is 4.74 Å². The Hall–Kier alpha value is -2.08. The van der Waals surface area contributed by atoms with Crippen molar-refractivity contribution in [1.29, 1.82) is 0 Å². The maximum absolute atomic E-state index is 14.6. The molecule has 2 amide bonds. The number of carbonyl (C=O) groups is 2. The molecule has 1 atom stereocenters. The van der Waals surface area contributed by atoms with E-state index in [9.17, 15) is 71.1 Å². The van der Waals surface area contributed by atoms with E-state index in [-0.39, 0.29) is 48.3 Å². The number of halogens is 14. The summed E-state index contributed by atoms with van der Waals surface area (Å²) < 4.78 is 198. The van der Waals surface area contributed by atoms with Crippen molar-refractivity contribution in [2.75, 3.05) is 26.2 Å². The molecule has 19 heteroatoms. The lowest BCUT2D eigenvalue weighted by Crippen LogP contribution is -2.72. The molecule has 38 heavy (non-hydrogen) atoms. The molecule has 2 rings (SSSR count). The molecular formula is C19H20F14N2O3. The number of ether oxygens (including phenoxy) is 1. The Bertz CT molecular complexity index is 882. The lowest BCUT2D eigenvalue weighted by molar-refractivity contribution is -0.481. The molecule has 222 valence electrons. The number of hydrogen-bond donors (Lipinski definition) is 0. The second-order valence-corrected chi connectivity index (χ2v) is 8.72. The lowest BCUT2D eigenvalue weighted by Gasteiger charge is -2.42. The zero-order valence-electron chi connectivity index (χ0n) is 19.0. The molecule has 2 fully saturated rings. The van der Waals surface area contributed by atoms with Crippen molar-refractivity contribution in [2.45, 2.75) is 80.4 Å². The van der Waals surface area contributed by atoms with Crippen molar-refractivity contribution < 1.29 is 75.8 Å². The van der Waals surface area contributed by atoms with E-state index in [1.165, 1.54) is 0 Å². The number of amides is 2. The molecule has 2 aliphatic heterocycles. The van der Waals surface area contributed by atoms with Gasteiger partial charge in [-0.2, -0.15) is 61.5 Å². The first-order valence-corrected chi connectivity index (χ1v) is 10.9. The molecule has 0 unspecified atom stereocenters. The Morgan fingerprint density at radius 1 is 0.500 bits per heavy atom. The van der Waals surface area contributed by atoms with Crippen LogP contribution in [-0.4, -0.2) is 89.6 Å². The fourth-order valence-corrected chi connectivity index (χ4v) is 3.77. The van der Waals surface area contributed by atoms with E-state index in [0.717, 1.165) is 0 Å². The average Bonchev–Trinajstić information content (AvgIpc) is 2.82. The molecule has 0 aromatic rings. The number of likely N-dealkylation sites (tertiary alicyclic amines) is 2. The average molecular weight is 590 g/mol. The van der Waals surface area contributed by atoms with Crippen molar-refractivity contribution in [1.82, 2.24) is 9.80 Å². The highest BCUT2D eigenvalue weighted by molar-refractivity contribution is 5.85. The Morgan fingerprint density at radius 3 is 1.24 bits per heavy atom. The second-order valence-electron chi connectivity index (χ2n) is 8.72. The van der Waals surface area contributed by atoms with Gasteiger partial charge in [-0.25, -0.2) is 0 Å². The van der Waals surface area contributed by atoms with Crippen LogP contribution in [0.25, 0.3) is 0 Å². The molecule has 0 aliphatic carbocycles.